The molecule has 1 aromatic rings. The number of aliphatic hydroxyl groups is 1. The number of anilines is 1. The van der Waals surface area contributed by atoms with Crippen LogP contribution < -0.4 is 5.32 Å². The maximum Gasteiger partial charge on any atom is 0.321 e. The fourth-order valence-electron chi connectivity index (χ4n) is 2.14. The number of carbonyl (C=O) groups is 1. The lowest BCUT2D eigenvalue weighted by atomic mass is 9.96. The molecule has 2 N–H and O–H groups in total. The van der Waals surface area contributed by atoms with E-state index >= 15 is 0 Å². The second-order valence-corrected chi connectivity index (χ2v) is 7.49. The van der Waals surface area contributed by atoms with E-state index in [4.69, 9.17) is 5.11 Å². The average Bonchev–Trinajstić information content (AvgIpc) is 2.44. The monoisotopic (exact) mass is 324 g/mol. The number of rotatable bonds is 7. The Hall–Kier alpha value is -1.20. The summed E-state index contributed by atoms with van der Waals surface area (Å²) in [7, 11) is 0. The Labute approximate surface area is 138 Å². The minimum atomic E-state index is -0.110. The van der Waals surface area contributed by atoms with Gasteiger partial charge in [0.05, 0.1) is 0 Å². The molecule has 2 amide bonds. The number of hydrogen-bond donors (Lipinski definition) is 2. The highest BCUT2D eigenvalue weighted by Gasteiger charge is 2.20. The van der Waals surface area contributed by atoms with Crippen molar-refractivity contribution in [1.29, 1.82) is 0 Å². The van der Waals surface area contributed by atoms with Crippen LogP contribution in [0.5, 0.6) is 0 Å². The van der Waals surface area contributed by atoms with Gasteiger partial charge in [0.25, 0.3) is 0 Å². The van der Waals surface area contributed by atoms with Gasteiger partial charge in [0.1, 0.15) is 0 Å². The molecular weight excluding hydrogens is 296 g/mol. The van der Waals surface area contributed by atoms with E-state index in [0.29, 0.717) is 19.5 Å². The summed E-state index contributed by atoms with van der Waals surface area (Å²) in [5.41, 5.74) is 2.07. The fraction of sp³-hybridized carbons (Fsp3) is 0.588. The van der Waals surface area contributed by atoms with Crippen molar-refractivity contribution in [1.82, 2.24) is 4.90 Å². The van der Waals surface area contributed by atoms with E-state index < -0.39 is 0 Å². The van der Waals surface area contributed by atoms with E-state index in [-0.39, 0.29) is 18.1 Å². The summed E-state index contributed by atoms with van der Waals surface area (Å²) in [6, 6.07) is 7.83. The number of benzene rings is 1. The van der Waals surface area contributed by atoms with Crippen LogP contribution in [0.4, 0.5) is 10.5 Å². The first kappa shape index (κ1) is 18.8. The molecule has 0 unspecified atom stereocenters. The SMILES string of the molecule is CSCc1ccc(NC(=O)N(CCCO)CC(C)(C)C)cc1. The van der Waals surface area contributed by atoms with E-state index in [9.17, 15) is 4.79 Å². The van der Waals surface area contributed by atoms with Gasteiger partial charge in [-0.3, -0.25) is 0 Å². The maximum atomic E-state index is 12.4. The lowest BCUT2D eigenvalue weighted by molar-refractivity contribution is 0.176. The zero-order valence-corrected chi connectivity index (χ0v) is 14.9. The summed E-state index contributed by atoms with van der Waals surface area (Å²) in [5.74, 6) is 0.973. The molecule has 0 aliphatic rings. The molecular formula is C17H28N2O2S. The molecule has 0 bridgehead atoms. The minimum absolute atomic E-state index is 0.0228. The summed E-state index contributed by atoms with van der Waals surface area (Å²) in [4.78, 5) is 14.2. The van der Waals surface area contributed by atoms with Gasteiger partial charge in [-0.1, -0.05) is 32.9 Å². The van der Waals surface area contributed by atoms with E-state index in [1.165, 1.54) is 5.56 Å². The van der Waals surface area contributed by atoms with E-state index in [1.54, 1.807) is 16.7 Å². The molecule has 0 atom stereocenters. The summed E-state index contributed by atoms with van der Waals surface area (Å²) < 4.78 is 0. The smallest absolute Gasteiger partial charge is 0.321 e. The lowest BCUT2D eigenvalue weighted by Gasteiger charge is -2.30. The van der Waals surface area contributed by atoms with Gasteiger partial charge in [-0.15, -0.1) is 0 Å². The van der Waals surface area contributed by atoms with Crippen LogP contribution >= 0.6 is 11.8 Å². The highest BCUT2D eigenvalue weighted by Crippen LogP contribution is 2.18. The highest BCUT2D eigenvalue weighted by atomic mass is 32.2. The van der Waals surface area contributed by atoms with Crippen molar-refractivity contribution < 1.29 is 9.90 Å². The van der Waals surface area contributed by atoms with E-state index in [1.807, 2.05) is 24.3 Å². The maximum absolute atomic E-state index is 12.4. The molecule has 0 aliphatic carbocycles. The summed E-state index contributed by atoms with van der Waals surface area (Å²) >= 11 is 1.78. The van der Waals surface area contributed by atoms with Crippen molar-refractivity contribution in [2.24, 2.45) is 5.41 Å². The Kier molecular flexibility index (Phi) is 7.76. The topological polar surface area (TPSA) is 52.6 Å². The highest BCUT2D eigenvalue weighted by molar-refractivity contribution is 7.97. The Balaban J connectivity index is 2.68. The average molecular weight is 324 g/mol. The van der Waals surface area contributed by atoms with Crippen LogP contribution in [0.25, 0.3) is 0 Å². The molecule has 0 aromatic heterocycles. The molecule has 4 nitrogen and oxygen atoms in total. The first-order valence-corrected chi connectivity index (χ1v) is 9.00. The van der Waals surface area contributed by atoms with Gasteiger partial charge >= 0.3 is 6.03 Å². The molecule has 0 heterocycles. The van der Waals surface area contributed by atoms with Gasteiger partial charge < -0.3 is 15.3 Å². The molecule has 0 fully saturated rings. The molecule has 0 saturated heterocycles. The first-order chi connectivity index (χ1) is 10.4. The van der Waals surface area contributed by atoms with E-state index in [0.717, 1.165) is 11.4 Å². The fourth-order valence-corrected chi connectivity index (χ4v) is 2.67. The van der Waals surface area contributed by atoms with Crippen molar-refractivity contribution in [2.45, 2.75) is 32.9 Å². The number of amides is 2. The van der Waals surface area contributed by atoms with Crippen molar-refractivity contribution >= 4 is 23.5 Å². The second-order valence-electron chi connectivity index (χ2n) is 6.62. The van der Waals surface area contributed by atoms with Crippen molar-refractivity contribution in [3.8, 4) is 0 Å². The van der Waals surface area contributed by atoms with Crippen LogP contribution in [-0.2, 0) is 5.75 Å². The predicted octanol–water partition coefficient (Wildman–Crippen LogP) is 3.81. The third-order valence-electron chi connectivity index (χ3n) is 3.05. The quantitative estimate of drug-likeness (QED) is 0.802. The van der Waals surface area contributed by atoms with Gasteiger partial charge in [-0.25, -0.2) is 4.79 Å². The summed E-state index contributed by atoms with van der Waals surface area (Å²) in [5, 5.41) is 11.9. The van der Waals surface area contributed by atoms with Crippen LogP contribution in [0.1, 0.15) is 32.8 Å². The predicted molar refractivity (Wildman–Crippen MR) is 95.4 cm³/mol. The number of thioether (sulfide) groups is 1. The van der Waals surface area contributed by atoms with Crippen molar-refractivity contribution in [2.75, 3.05) is 31.3 Å². The summed E-state index contributed by atoms with van der Waals surface area (Å²) in [6.45, 7) is 7.61. The summed E-state index contributed by atoms with van der Waals surface area (Å²) in [6.07, 6.45) is 2.66. The number of hydrogen-bond acceptors (Lipinski definition) is 3. The number of nitrogens with one attached hydrogen (secondary N) is 1. The Morgan fingerprint density at radius 2 is 1.91 bits per heavy atom. The van der Waals surface area contributed by atoms with Crippen molar-refractivity contribution in [3.05, 3.63) is 29.8 Å². The zero-order chi connectivity index (χ0) is 16.6. The van der Waals surface area contributed by atoms with Gasteiger partial charge in [0.15, 0.2) is 0 Å². The molecule has 0 spiro atoms. The van der Waals surface area contributed by atoms with Crippen LogP contribution in [-0.4, -0.2) is 42.0 Å². The van der Waals surface area contributed by atoms with Crippen LogP contribution in [0.2, 0.25) is 0 Å². The van der Waals surface area contributed by atoms with E-state index in [2.05, 4.69) is 32.3 Å². The van der Waals surface area contributed by atoms with Crippen LogP contribution in [0.3, 0.4) is 0 Å². The van der Waals surface area contributed by atoms with Gasteiger partial charge in [-0.05, 0) is 35.8 Å². The molecule has 5 heteroatoms. The Morgan fingerprint density at radius 1 is 1.27 bits per heavy atom. The zero-order valence-electron chi connectivity index (χ0n) is 14.1. The second kappa shape index (κ2) is 9.06. The molecule has 1 aromatic carbocycles. The number of nitrogens with zero attached hydrogens (tertiary/aromatic N) is 1. The van der Waals surface area contributed by atoms with Crippen LogP contribution in [0.15, 0.2) is 24.3 Å². The molecule has 1 rings (SSSR count). The molecule has 22 heavy (non-hydrogen) atoms. The molecule has 0 radical (unpaired) electrons. The largest absolute Gasteiger partial charge is 0.396 e. The lowest BCUT2D eigenvalue weighted by Crippen LogP contribution is -2.41. The van der Waals surface area contributed by atoms with Gasteiger partial charge in [-0.2, -0.15) is 11.8 Å². The Morgan fingerprint density at radius 3 is 2.41 bits per heavy atom. The standard InChI is InChI=1S/C17H28N2O2S/c1-17(2,3)13-19(10-5-11-20)16(21)18-15-8-6-14(7-9-15)12-22-4/h6-9,20H,5,10-13H2,1-4H3,(H,18,21). The molecule has 0 aliphatic heterocycles. The van der Waals surface area contributed by atoms with Crippen LogP contribution in [0, 0.1) is 5.41 Å². The number of aliphatic hydroxyl groups excluding tert-OH is 1. The minimum Gasteiger partial charge on any atom is -0.396 e. The molecule has 124 valence electrons. The number of urea groups is 1. The third kappa shape index (κ3) is 7.18. The third-order valence-corrected chi connectivity index (χ3v) is 3.68. The first-order valence-electron chi connectivity index (χ1n) is 7.60. The normalized spacial score (nSPS) is 11.3. The van der Waals surface area contributed by atoms with Gasteiger partial charge in [0, 0.05) is 31.1 Å². The Bertz CT molecular complexity index is 455. The van der Waals surface area contributed by atoms with Crippen molar-refractivity contribution in [3.63, 3.8) is 0 Å². The van der Waals surface area contributed by atoms with Gasteiger partial charge in [0.2, 0.25) is 0 Å². The number of carbonyl (C=O) groups excluding carboxylic acids is 1. The molecule has 0 saturated carbocycles.